The van der Waals surface area contributed by atoms with Crippen LogP contribution in [0.4, 0.5) is 5.69 Å². The van der Waals surface area contributed by atoms with Crippen LogP contribution in [0.5, 0.6) is 0 Å². The van der Waals surface area contributed by atoms with Crippen LogP contribution in [0.15, 0.2) is 30.3 Å². The molecule has 0 radical (unpaired) electrons. The monoisotopic (exact) mass is 169 g/mol. The van der Waals surface area contributed by atoms with Gasteiger partial charge < -0.3 is 4.90 Å². The van der Waals surface area contributed by atoms with E-state index in [1.807, 2.05) is 35.2 Å². The molecule has 1 aromatic carbocycles. The maximum absolute atomic E-state index is 5.24. The highest BCUT2D eigenvalue weighted by Crippen LogP contribution is 2.11. The predicted molar refractivity (Wildman–Crippen MR) is 56.3 cm³/mol. The third-order valence-corrected chi connectivity index (χ3v) is 1.69. The quantitative estimate of drug-likeness (QED) is 0.623. The largest absolute Gasteiger partial charge is 0.349 e. The van der Waals surface area contributed by atoms with Crippen molar-refractivity contribution < 1.29 is 0 Å². The number of para-hydroxylation sites is 1. The Morgan fingerprint density at radius 1 is 1.00 bits per heavy atom. The number of terminal acetylenes is 2. The van der Waals surface area contributed by atoms with Crippen molar-refractivity contribution in [3.8, 4) is 24.7 Å². The molecule has 0 unspecified atom stereocenters. The lowest BCUT2D eigenvalue weighted by atomic mass is 10.3. The molecule has 0 saturated carbocycles. The maximum atomic E-state index is 5.24. The van der Waals surface area contributed by atoms with Gasteiger partial charge in [0.1, 0.15) is 0 Å². The summed E-state index contributed by atoms with van der Waals surface area (Å²) in [5, 5.41) is 0. The van der Waals surface area contributed by atoms with Gasteiger partial charge in [-0.15, -0.1) is 12.8 Å². The minimum atomic E-state index is 0.550. The molecule has 0 N–H and O–H groups in total. The van der Waals surface area contributed by atoms with Crippen LogP contribution in [0.3, 0.4) is 0 Å². The number of nitrogens with zero attached hydrogens (tertiary/aromatic N) is 1. The summed E-state index contributed by atoms with van der Waals surface area (Å²) in [7, 11) is 0. The molecule has 0 atom stereocenters. The standard InChI is InChI=1S/C12H11N/c1-3-10-13(11-4-2)12-8-6-5-7-9-12/h1-2,5-9H,10-11H2. The summed E-state index contributed by atoms with van der Waals surface area (Å²) in [6, 6.07) is 9.89. The molecular formula is C12H11N. The Kier molecular flexibility index (Phi) is 3.48. The summed E-state index contributed by atoms with van der Waals surface area (Å²) < 4.78 is 0. The van der Waals surface area contributed by atoms with Crippen molar-refractivity contribution in [2.75, 3.05) is 18.0 Å². The van der Waals surface area contributed by atoms with Crippen LogP contribution < -0.4 is 4.90 Å². The SMILES string of the molecule is C#CCN(CC#C)c1ccccc1. The average molecular weight is 169 g/mol. The van der Waals surface area contributed by atoms with Crippen LogP contribution in [-0.2, 0) is 0 Å². The summed E-state index contributed by atoms with van der Waals surface area (Å²) in [6.07, 6.45) is 10.5. The molecule has 0 spiro atoms. The van der Waals surface area contributed by atoms with Gasteiger partial charge >= 0.3 is 0 Å². The average Bonchev–Trinajstić information content (AvgIpc) is 2.19. The first-order valence-corrected chi connectivity index (χ1v) is 4.05. The van der Waals surface area contributed by atoms with E-state index in [0.29, 0.717) is 13.1 Å². The van der Waals surface area contributed by atoms with Crippen molar-refractivity contribution in [2.24, 2.45) is 0 Å². The molecular weight excluding hydrogens is 158 g/mol. The second-order valence-electron chi connectivity index (χ2n) is 2.60. The number of hydrogen-bond acceptors (Lipinski definition) is 1. The zero-order valence-corrected chi connectivity index (χ0v) is 7.40. The summed E-state index contributed by atoms with van der Waals surface area (Å²) in [5.41, 5.74) is 1.07. The Morgan fingerprint density at radius 3 is 2.00 bits per heavy atom. The Hall–Kier alpha value is -1.86. The van der Waals surface area contributed by atoms with Crippen molar-refractivity contribution in [1.29, 1.82) is 0 Å². The van der Waals surface area contributed by atoms with Gasteiger partial charge in [-0.05, 0) is 12.1 Å². The molecule has 1 nitrogen and oxygen atoms in total. The fourth-order valence-corrected chi connectivity index (χ4v) is 1.10. The van der Waals surface area contributed by atoms with Crippen molar-refractivity contribution in [3.63, 3.8) is 0 Å². The van der Waals surface area contributed by atoms with Gasteiger partial charge in [0.05, 0.1) is 13.1 Å². The summed E-state index contributed by atoms with van der Waals surface area (Å²) in [5.74, 6) is 5.16. The van der Waals surface area contributed by atoms with Gasteiger partial charge in [-0.2, -0.15) is 0 Å². The third kappa shape index (κ3) is 2.58. The first-order chi connectivity index (χ1) is 6.38. The van der Waals surface area contributed by atoms with E-state index in [4.69, 9.17) is 12.8 Å². The predicted octanol–water partition coefficient (Wildman–Crippen LogP) is 1.76. The molecule has 64 valence electrons. The Labute approximate surface area is 79.4 Å². The van der Waals surface area contributed by atoms with Crippen molar-refractivity contribution in [2.45, 2.75) is 0 Å². The van der Waals surface area contributed by atoms with Crippen LogP contribution in [0.1, 0.15) is 0 Å². The zero-order valence-electron chi connectivity index (χ0n) is 7.40. The fraction of sp³-hybridized carbons (Fsp3) is 0.167. The van der Waals surface area contributed by atoms with Gasteiger partial charge in [0.15, 0.2) is 0 Å². The van der Waals surface area contributed by atoms with Gasteiger partial charge in [0.2, 0.25) is 0 Å². The second-order valence-corrected chi connectivity index (χ2v) is 2.60. The lowest BCUT2D eigenvalue weighted by Gasteiger charge is -2.18. The minimum absolute atomic E-state index is 0.550. The van der Waals surface area contributed by atoms with Gasteiger partial charge in [0.25, 0.3) is 0 Å². The van der Waals surface area contributed by atoms with Crippen LogP contribution >= 0.6 is 0 Å². The third-order valence-electron chi connectivity index (χ3n) is 1.69. The molecule has 0 heterocycles. The summed E-state index contributed by atoms with van der Waals surface area (Å²) in [6.45, 7) is 1.10. The molecule has 0 fully saturated rings. The first kappa shape index (κ1) is 9.23. The molecule has 0 aliphatic heterocycles. The molecule has 13 heavy (non-hydrogen) atoms. The van der Waals surface area contributed by atoms with Crippen LogP contribution in [-0.4, -0.2) is 13.1 Å². The van der Waals surface area contributed by atoms with Gasteiger partial charge in [-0.1, -0.05) is 30.0 Å². The van der Waals surface area contributed by atoms with Crippen molar-refractivity contribution >= 4 is 5.69 Å². The number of benzene rings is 1. The van der Waals surface area contributed by atoms with E-state index in [9.17, 15) is 0 Å². The van der Waals surface area contributed by atoms with E-state index in [0.717, 1.165) is 5.69 Å². The number of hydrogen-bond donors (Lipinski definition) is 0. The number of rotatable bonds is 3. The van der Waals surface area contributed by atoms with E-state index < -0.39 is 0 Å². The van der Waals surface area contributed by atoms with E-state index in [2.05, 4.69) is 11.8 Å². The highest BCUT2D eigenvalue weighted by molar-refractivity contribution is 5.48. The molecule has 1 aromatic rings. The molecule has 1 heteroatoms. The molecule has 0 bridgehead atoms. The van der Waals surface area contributed by atoms with Gasteiger partial charge in [-0.25, -0.2) is 0 Å². The Bertz CT molecular complexity index is 310. The molecule has 0 aliphatic rings. The lowest BCUT2D eigenvalue weighted by Crippen LogP contribution is -2.23. The minimum Gasteiger partial charge on any atom is -0.349 e. The molecule has 0 aliphatic carbocycles. The Balaban J connectivity index is 2.78. The molecule has 0 aromatic heterocycles. The molecule has 0 amide bonds. The zero-order chi connectivity index (χ0) is 9.52. The summed E-state index contributed by atoms with van der Waals surface area (Å²) >= 11 is 0. The van der Waals surface area contributed by atoms with E-state index in [1.54, 1.807) is 0 Å². The topological polar surface area (TPSA) is 3.24 Å². The smallest absolute Gasteiger partial charge is 0.0801 e. The first-order valence-electron chi connectivity index (χ1n) is 4.05. The molecule has 0 saturated heterocycles. The van der Waals surface area contributed by atoms with Crippen molar-refractivity contribution in [3.05, 3.63) is 30.3 Å². The van der Waals surface area contributed by atoms with E-state index >= 15 is 0 Å². The fourth-order valence-electron chi connectivity index (χ4n) is 1.10. The van der Waals surface area contributed by atoms with Gasteiger partial charge in [0, 0.05) is 5.69 Å². The van der Waals surface area contributed by atoms with Crippen LogP contribution in [0, 0.1) is 24.7 Å². The Morgan fingerprint density at radius 2 is 1.54 bits per heavy atom. The molecule has 1 rings (SSSR count). The van der Waals surface area contributed by atoms with E-state index in [-0.39, 0.29) is 0 Å². The van der Waals surface area contributed by atoms with Crippen LogP contribution in [0.2, 0.25) is 0 Å². The summed E-state index contributed by atoms with van der Waals surface area (Å²) in [4.78, 5) is 1.97. The normalized spacial score (nSPS) is 8.46. The maximum Gasteiger partial charge on any atom is 0.0801 e. The lowest BCUT2D eigenvalue weighted by molar-refractivity contribution is 0.986. The highest BCUT2D eigenvalue weighted by atomic mass is 15.1. The van der Waals surface area contributed by atoms with Crippen molar-refractivity contribution in [1.82, 2.24) is 0 Å². The van der Waals surface area contributed by atoms with E-state index in [1.165, 1.54) is 0 Å². The highest BCUT2D eigenvalue weighted by Gasteiger charge is 2.00. The second kappa shape index (κ2) is 4.91. The number of anilines is 1. The van der Waals surface area contributed by atoms with Crippen LogP contribution in [0.25, 0.3) is 0 Å². The van der Waals surface area contributed by atoms with Gasteiger partial charge in [-0.3, -0.25) is 0 Å².